The number of nitrogens with zero attached hydrogens (tertiary/aromatic N) is 1. The molecule has 0 saturated heterocycles. The number of aromatic nitrogens is 1. The molecule has 1 aromatic heterocycles. The molecule has 0 saturated carbocycles. The molecule has 6 heteroatoms. The summed E-state index contributed by atoms with van der Waals surface area (Å²) in [5, 5.41) is 12.4. The molecule has 6 nitrogen and oxygen atoms in total. The lowest BCUT2D eigenvalue weighted by Gasteiger charge is -2.11. The van der Waals surface area contributed by atoms with E-state index in [2.05, 4.69) is 10.3 Å². The van der Waals surface area contributed by atoms with Gasteiger partial charge in [0.25, 0.3) is 5.91 Å². The smallest absolute Gasteiger partial charge is 0.335 e. The van der Waals surface area contributed by atoms with Crippen LogP contribution in [0.1, 0.15) is 27.6 Å². The minimum absolute atomic E-state index is 0.107. The lowest BCUT2D eigenvalue weighted by molar-refractivity contribution is 0.0696. The van der Waals surface area contributed by atoms with Gasteiger partial charge in [0, 0.05) is 22.8 Å². The third-order valence-corrected chi connectivity index (χ3v) is 3.64. The van der Waals surface area contributed by atoms with Crippen molar-refractivity contribution >= 4 is 28.5 Å². The van der Waals surface area contributed by atoms with Crippen LogP contribution in [0.4, 0.5) is 5.69 Å². The Balaban J connectivity index is 1.96. The first-order valence-corrected chi connectivity index (χ1v) is 7.75. The molecule has 0 aliphatic heterocycles. The van der Waals surface area contributed by atoms with Crippen molar-refractivity contribution in [1.82, 2.24) is 4.98 Å². The summed E-state index contributed by atoms with van der Waals surface area (Å²) in [4.78, 5) is 28.0. The SMILES string of the molecule is CCOc1ccc(C(=O)Nc2cccc(C(=O)O)c2)c2cccnc12. The predicted octanol–water partition coefficient (Wildman–Crippen LogP) is 3.58. The van der Waals surface area contributed by atoms with E-state index in [0.29, 0.717) is 34.5 Å². The predicted molar refractivity (Wildman–Crippen MR) is 94.3 cm³/mol. The number of nitrogens with one attached hydrogen (secondary N) is 1. The van der Waals surface area contributed by atoms with Gasteiger partial charge in [-0.15, -0.1) is 0 Å². The van der Waals surface area contributed by atoms with Crippen LogP contribution in [0.25, 0.3) is 10.9 Å². The van der Waals surface area contributed by atoms with Gasteiger partial charge in [0.1, 0.15) is 11.3 Å². The van der Waals surface area contributed by atoms with Gasteiger partial charge in [0.15, 0.2) is 0 Å². The van der Waals surface area contributed by atoms with Crippen LogP contribution in [0.15, 0.2) is 54.7 Å². The number of carbonyl (C=O) groups excluding carboxylic acids is 1. The number of benzene rings is 2. The molecule has 0 aliphatic rings. The molecule has 0 aliphatic carbocycles. The zero-order chi connectivity index (χ0) is 17.8. The van der Waals surface area contributed by atoms with Crippen LogP contribution in [-0.2, 0) is 0 Å². The van der Waals surface area contributed by atoms with Crippen molar-refractivity contribution in [3.05, 3.63) is 65.9 Å². The maximum atomic E-state index is 12.7. The zero-order valence-electron chi connectivity index (χ0n) is 13.5. The second-order valence-electron chi connectivity index (χ2n) is 5.28. The van der Waals surface area contributed by atoms with Gasteiger partial charge >= 0.3 is 5.97 Å². The largest absolute Gasteiger partial charge is 0.492 e. The first-order valence-electron chi connectivity index (χ1n) is 7.75. The van der Waals surface area contributed by atoms with Gasteiger partial charge in [0.05, 0.1) is 12.2 Å². The minimum atomic E-state index is -1.05. The van der Waals surface area contributed by atoms with E-state index < -0.39 is 5.97 Å². The summed E-state index contributed by atoms with van der Waals surface area (Å²) in [5.74, 6) is -0.780. The van der Waals surface area contributed by atoms with Crippen LogP contribution in [0, 0.1) is 0 Å². The van der Waals surface area contributed by atoms with E-state index in [4.69, 9.17) is 9.84 Å². The first kappa shape index (κ1) is 16.4. The maximum Gasteiger partial charge on any atom is 0.335 e. The van der Waals surface area contributed by atoms with Crippen molar-refractivity contribution in [2.24, 2.45) is 0 Å². The van der Waals surface area contributed by atoms with Gasteiger partial charge in [-0.25, -0.2) is 4.79 Å². The maximum absolute atomic E-state index is 12.7. The number of amides is 1. The van der Waals surface area contributed by atoms with Crippen molar-refractivity contribution in [1.29, 1.82) is 0 Å². The summed E-state index contributed by atoms with van der Waals surface area (Å²) >= 11 is 0. The van der Waals surface area contributed by atoms with Crippen molar-refractivity contribution in [3.8, 4) is 5.75 Å². The van der Waals surface area contributed by atoms with Crippen LogP contribution >= 0.6 is 0 Å². The molecule has 25 heavy (non-hydrogen) atoms. The third-order valence-electron chi connectivity index (χ3n) is 3.64. The molecular formula is C19H16N2O4. The highest BCUT2D eigenvalue weighted by atomic mass is 16.5. The van der Waals surface area contributed by atoms with Gasteiger partial charge in [-0.2, -0.15) is 0 Å². The minimum Gasteiger partial charge on any atom is -0.492 e. The molecule has 0 unspecified atom stereocenters. The molecule has 0 fully saturated rings. The van der Waals surface area contributed by atoms with E-state index in [1.54, 1.807) is 42.6 Å². The lowest BCUT2D eigenvalue weighted by atomic mass is 10.1. The fourth-order valence-corrected chi connectivity index (χ4v) is 2.55. The number of carboxylic acids is 1. The average Bonchev–Trinajstić information content (AvgIpc) is 2.62. The zero-order valence-corrected chi connectivity index (χ0v) is 13.5. The molecule has 3 rings (SSSR count). The highest BCUT2D eigenvalue weighted by molar-refractivity contribution is 6.13. The van der Waals surface area contributed by atoms with E-state index in [0.717, 1.165) is 0 Å². The molecule has 0 atom stereocenters. The van der Waals surface area contributed by atoms with E-state index in [1.165, 1.54) is 12.1 Å². The standard InChI is InChI=1S/C19H16N2O4/c1-2-25-16-9-8-15(14-7-4-10-20-17(14)16)18(22)21-13-6-3-5-12(11-13)19(23)24/h3-11H,2H2,1H3,(H,21,22)(H,23,24). The van der Waals surface area contributed by atoms with Gasteiger partial charge < -0.3 is 15.2 Å². The Kier molecular flexibility index (Phi) is 4.61. The highest BCUT2D eigenvalue weighted by Gasteiger charge is 2.14. The quantitative estimate of drug-likeness (QED) is 0.743. The number of anilines is 1. The second kappa shape index (κ2) is 7.00. The molecule has 2 aromatic carbocycles. The van der Waals surface area contributed by atoms with Gasteiger partial charge in [-0.1, -0.05) is 12.1 Å². The second-order valence-corrected chi connectivity index (χ2v) is 5.28. The number of hydrogen-bond donors (Lipinski definition) is 2. The Morgan fingerprint density at radius 2 is 2.00 bits per heavy atom. The Bertz CT molecular complexity index is 953. The number of carboxylic acid groups (broad SMARTS) is 1. The van der Waals surface area contributed by atoms with Crippen molar-refractivity contribution < 1.29 is 19.4 Å². The summed E-state index contributed by atoms with van der Waals surface area (Å²) in [7, 11) is 0. The number of aromatic carboxylic acids is 1. The highest BCUT2D eigenvalue weighted by Crippen LogP contribution is 2.27. The number of pyridine rings is 1. The molecule has 0 radical (unpaired) electrons. The normalized spacial score (nSPS) is 10.4. The Morgan fingerprint density at radius 3 is 2.76 bits per heavy atom. The number of rotatable bonds is 5. The molecule has 2 N–H and O–H groups in total. The van der Waals surface area contributed by atoms with Crippen LogP contribution in [0.3, 0.4) is 0 Å². The number of ether oxygens (including phenoxy) is 1. The fraction of sp³-hybridized carbons (Fsp3) is 0.105. The Hall–Kier alpha value is -3.41. The fourth-order valence-electron chi connectivity index (χ4n) is 2.55. The summed E-state index contributed by atoms with van der Waals surface area (Å²) < 4.78 is 5.55. The molecule has 0 bridgehead atoms. The average molecular weight is 336 g/mol. The molecule has 1 amide bonds. The Morgan fingerprint density at radius 1 is 1.16 bits per heavy atom. The number of fused-ring (bicyclic) bond motifs is 1. The van der Waals surface area contributed by atoms with Gasteiger partial charge in [0.2, 0.25) is 0 Å². The first-order chi connectivity index (χ1) is 12.1. The van der Waals surface area contributed by atoms with Gasteiger partial charge in [-0.05, 0) is 43.3 Å². The van der Waals surface area contributed by atoms with E-state index in [1.807, 2.05) is 6.92 Å². The summed E-state index contributed by atoms with van der Waals surface area (Å²) in [6.45, 7) is 2.38. The van der Waals surface area contributed by atoms with Crippen LogP contribution in [0.5, 0.6) is 5.75 Å². The number of hydrogen-bond acceptors (Lipinski definition) is 4. The van der Waals surface area contributed by atoms with Crippen molar-refractivity contribution in [2.75, 3.05) is 11.9 Å². The van der Waals surface area contributed by atoms with Crippen LogP contribution in [0.2, 0.25) is 0 Å². The molecule has 0 spiro atoms. The monoisotopic (exact) mass is 336 g/mol. The van der Waals surface area contributed by atoms with E-state index >= 15 is 0 Å². The number of carbonyl (C=O) groups is 2. The topological polar surface area (TPSA) is 88.5 Å². The third kappa shape index (κ3) is 3.42. The van der Waals surface area contributed by atoms with Gasteiger partial charge in [-0.3, -0.25) is 9.78 Å². The summed E-state index contributed by atoms with van der Waals surface area (Å²) in [6.07, 6.45) is 1.64. The molecule has 126 valence electrons. The molecule has 1 heterocycles. The summed E-state index contributed by atoms with van der Waals surface area (Å²) in [5.41, 5.74) is 1.57. The van der Waals surface area contributed by atoms with Crippen molar-refractivity contribution in [3.63, 3.8) is 0 Å². The van der Waals surface area contributed by atoms with E-state index in [9.17, 15) is 9.59 Å². The summed E-state index contributed by atoms with van der Waals surface area (Å²) in [6, 6.07) is 13.0. The van der Waals surface area contributed by atoms with Crippen LogP contribution in [-0.4, -0.2) is 28.6 Å². The van der Waals surface area contributed by atoms with E-state index in [-0.39, 0.29) is 11.5 Å². The Labute approximate surface area is 144 Å². The molecule has 3 aromatic rings. The van der Waals surface area contributed by atoms with Crippen molar-refractivity contribution in [2.45, 2.75) is 6.92 Å². The van der Waals surface area contributed by atoms with Crippen LogP contribution < -0.4 is 10.1 Å². The molecular weight excluding hydrogens is 320 g/mol. The lowest BCUT2D eigenvalue weighted by Crippen LogP contribution is -2.13.